The average molecular weight is 312 g/mol. The van der Waals surface area contributed by atoms with Gasteiger partial charge in [0.15, 0.2) is 0 Å². The van der Waals surface area contributed by atoms with E-state index >= 15 is 0 Å². The molecule has 22 heavy (non-hydrogen) atoms. The van der Waals surface area contributed by atoms with E-state index in [1.54, 1.807) is 12.4 Å². The number of hydrogen-bond acceptors (Lipinski definition) is 3. The Balaban J connectivity index is 1.68. The molecule has 2 aliphatic rings. The lowest BCUT2D eigenvalue weighted by atomic mass is 9.90. The number of anilines is 1. The molecular formula is C18H18ClN3. The molecule has 3 heterocycles. The van der Waals surface area contributed by atoms with Crippen LogP contribution in [0.4, 0.5) is 5.69 Å². The number of rotatable bonds is 2. The molecule has 4 rings (SSSR count). The molecule has 3 nitrogen and oxygen atoms in total. The van der Waals surface area contributed by atoms with Crippen LogP contribution in [-0.2, 0) is 12.8 Å². The SMILES string of the molecule is Clc1cncc(/C=C/c2cc3c4c(c2)CCCN4CCC3)n1. The summed E-state index contributed by atoms with van der Waals surface area (Å²) >= 11 is 5.88. The van der Waals surface area contributed by atoms with Crippen LogP contribution in [0, 0.1) is 0 Å². The third-order valence-electron chi connectivity index (χ3n) is 4.42. The van der Waals surface area contributed by atoms with Crippen LogP contribution in [0.2, 0.25) is 5.15 Å². The zero-order valence-corrected chi connectivity index (χ0v) is 13.2. The van der Waals surface area contributed by atoms with E-state index in [1.165, 1.54) is 61.2 Å². The monoisotopic (exact) mass is 311 g/mol. The largest absolute Gasteiger partial charge is 0.371 e. The summed E-state index contributed by atoms with van der Waals surface area (Å²) in [4.78, 5) is 10.9. The van der Waals surface area contributed by atoms with Crippen LogP contribution in [0.3, 0.4) is 0 Å². The van der Waals surface area contributed by atoms with E-state index in [2.05, 4.69) is 33.1 Å². The van der Waals surface area contributed by atoms with Gasteiger partial charge >= 0.3 is 0 Å². The van der Waals surface area contributed by atoms with Gasteiger partial charge in [0.1, 0.15) is 5.15 Å². The molecule has 0 radical (unpaired) electrons. The minimum Gasteiger partial charge on any atom is -0.371 e. The molecule has 0 atom stereocenters. The molecule has 0 bridgehead atoms. The zero-order valence-electron chi connectivity index (χ0n) is 12.4. The lowest BCUT2D eigenvalue weighted by Gasteiger charge is -2.37. The summed E-state index contributed by atoms with van der Waals surface area (Å²) in [5.74, 6) is 0. The molecule has 0 N–H and O–H groups in total. The molecule has 4 heteroatoms. The summed E-state index contributed by atoms with van der Waals surface area (Å²) in [6.07, 6.45) is 12.3. The summed E-state index contributed by atoms with van der Waals surface area (Å²) in [6.45, 7) is 2.43. The average Bonchev–Trinajstić information content (AvgIpc) is 2.54. The summed E-state index contributed by atoms with van der Waals surface area (Å²) < 4.78 is 0. The van der Waals surface area contributed by atoms with E-state index < -0.39 is 0 Å². The van der Waals surface area contributed by atoms with Gasteiger partial charge in [0.25, 0.3) is 0 Å². The predicted molar refractivity (Wildman–Crippen MR) is 91.3 cm³/mol. The summed E-state index contributed by atoms with van der Waals surface area (Å²) in [5.41, 5.74) is 6.55. The number of aryl methyl sites for hydroxylation is 2. The Kier molecular flexibility index (Phi) is 3.59. The first-order chi connectivity index (χ1) is 10.8. The van der Waals surface area contributed by atoms with Gasteiger partial charge in [-0.25, -0.2) is 4.98 Å². The first-order valence-corrected chi connectivity index (χ1v) is 8.24. The first-order valence-electron chi connectivity index (χ1n) is 7.86. The van der Waals surface area contributed by atoms with Gasteiger partial charge in [-0.2, -0.15) is 0 Å². The van der Waals surface area contributed by atoms with Crippen LogP contribution in [0.1, 0.15) is 35.2 Å². The molecule has 2 aliphatic heterocycles. The van der Waals surface area contributed by atoms with Gasteiger partial charge in [-0.3, -0.25) is 4.98 Å². The number of hydrogen-bond donors (Lipinski definition) is 0. The number of nitrogens with zero attached hydrogens (tertiary/aromatic N) is 3. The molecule has 0 aliphatic carbocycles. The van der Waals surface area contributed by atoms with Crippen molar-refractivity contribution in [1.82, 2.24) is 9.97 Å². The second kappa shape index (κ2) is 5.73. The Morgan fingerprint density at radius 2 is 1.73 bits per heavy atom. The first kappa shape index (κ1) is 13.8. The maximum absolute atomic E-state index is 5.88. The number of halogens is 1. The highest BCUT2D eigenvalue weighted by atomic mass is 35.5. The van der Waals surface area contributed by atoms with Crippen LogP contribution in [0.5, 0.6) is 0 Å². The van der Waals surface area contributed by atoms with Gasteiger partial charge in [0.2, 0.25) is 0 Å². The van der Waals surface area contributed by atoms with Crippen LogP contribution in [0.25, 0.3) is 12.2 Å². The lowest BCUT2D eigenvalue weighted by molar-refractivity contribution is 0.634. The van der Waals surface area contributed by atoms with Gasteiger partial charge in [-0.05, 0) is 60.6 Å². The highest BCUT2D eigenvalue weighted by molar-refractivity contribution is 6.29. The third kappa shape index (κ3) is 2.61. The summed E-state index contributed by atoms with van der Waals surface area (Å²) in [5, 5.41) is 0.429. The summed E-state index contributed by atoms with van der Waals surface area (Å²) in [7, 11) is 0. The maximum Gasteiger partial charge on any atom is 0.148 e. The molecule has 0 unspecified atom stereocenters. The normalized spacial score (nSPS) is 16.9. The van der Waals surface area contributed by atoms with E-state index in [9.17, 15) is 0 Å². The predicted octanol–water partition coefficient (Wildman–Crippen LogP) is 4.00. The molecular weight excluding hydrogens is 294 g/mol. The second-order valence-electron chi connectivity index (χ2n) is 5.98. The second-order valence-corrected chi connectivity index (χ2v) is 6.37. The molecule has 0 saturated carbocycles. The minimum absolute atomic E-state index is 0.429. The van der Waals surface area contributed by atoms with Gasteiger partial charge in [0, 0.05) is 18.8 Å². The summed E-state index contributed by atoms with van der Waals surface area (Å²) in [6, 6.07) is 4.65. The zero-order chi connectivity index (χ0) is 14.9. The standard InChI is InChI=1S/C18H18ClN3/c19-17-12-20-11-16(21-17)6-5-13-9-14-3-1-7-22-8-2-4-15(10-13)18(14)22/h5-6,9-12H,1-4,7-8H2/b6-5+. The van der Waals surface area contributed by atoms with Crippen molar-refractivity contribution in [2.45, 2.75) is 25.7 Å². The van der Waals surface area contributed by atoms with Gasteiger partial charge in [0.05, 0.1) is 18.1 Å². The fourth-order valence-corrected chi connectivity index (χ4v) is 3.70. The van der Waals surface area contributed by atoms with Crippen molar-refractivity contribution >= 4 is 29.4 Å². The molecule has 2 aromatic rings. The molecule has 1 aromatic heterocycles. The molecule has 0 fully saturated rings. The van der Waals surface area contributed by atoms with E-state index in [0.29, 0.717) is 5.15 Å². The highest BCUT2D eigenvalue weighted by Gasteiger charge is 2.23. The Morgan fingerprint density at radius 1 is 1.00 bits per heavy atom. The third-order valence-corrected chi connectivity index (χ3v) is 4.61. The van der Waals surface area contributed by atoms with Crippen molar-refractivity contribution in [3.05, 3.63) is 52.1 Å². The van der Waals surface area contributed by atoms with Crippen molar-refractivity contribution in [3.8, 4) is 0 Å². The van der Waals surface area contributed by atoms with Crippen LogP contribution in [-0.4, -0.2) is 23.1 Å². The Labute approximate surface area is 135 Å². The topological polar surface area (TPSA) is 29.0 Å². The maximum atomic E-state index is 5.88. The van der Waals surface area contributed by atoms with Crippen molar-refractivity contribution in [2.75, 3.05) is 18.0 Å². The minimum atomic E-state index is 0.429. The number of benzene rings is 1. The van der Waals surface area contributed by atoms with Gasteiger partial charge < -0.3 is 4.90 Å². The van der Waals surface area contributed by atoms with Crippen LogP contribution in [0.15, 0.2) is 24.5 Å². The van der Waals surface area contributed by atoms with Crippen molar-refractivity contribution in [3.63, 3.8) is 0 Å². The van der Waals surface area contributed by atoms with E-state index in [4.69, 9.17) is 11.6 Å². The molecule has 0 spiro atoms. The van der Waals surface area contributed by atoms with Gasteiger partial charge in [-0.1, -0.05) is 17.7 Å². The Hall–Kier alpha value is -1.87. The molecule has 0 saturated heterocycles. The van der Waals surface area contributed by atoms with E-state index in [-0.39, 0.29) is 0 Å². The van der Waals surface area contributed by atoms with E-state index in [0.717, 1.165) is 5.69 Å². The van der Waals surface area contributed by atoms with E-state index in [1.807, 2.05) is 6.08 Å². The fraction of sp³-hybridized carbons (Fsp3) is 0.333. The molecule has 0 amide bonds. The quantitative estimate of drug-likeness (QED) is 0.839. The molecule has 1 aromatic carbocycles. The van der Waals surface area contributed by atoms with Crippen molar-refractivity contribution in [2.24, 2.45) is 0 Å². The molecule has 112 valence electrons. The van der Waals surface area contributed by atoms with Crippen LogP contribution >= 0.6 is 11.6 Å². The number of aromatic nitrogens is 2. The highest BCUT2D eigenvalue weighted by Crippen LogP contribution is 2.36. The smallest absolute Gasteiger partial charge is 0.148 e. The van der Waals surface area contributed by atoms with Gasteiger partial charge in [-0.15, -0.1) is 0 Å². The Morgan fingerprint density at radius 3 is 2.41 bits per heavy atom. The van der Waals surface area contributed by atoms with Crippen LogP contribution < -0.4 is 4.90 Å². The lowest BCUT2D eigenvalue weighted by Crippen LogP contribution is -2.34. The Bertz CT molecular complexity index is 708. The van der Waals surface area contributed by atoms with Crippen molar-refractivity contribution < 1.29 is 0 Å². The van der Waals surface area contributed by atoms with Crippen molar-refractivity contribution in [1.29, 1.82) is 0 Å². The fourth-order valence-electron chi connectivity index (χ4n) is 3.54.